The van der Waals surface area contributed by atoms with Gasteiger partial charge in [-0.3, -0.25) is 14.3 Å². The molecule has 0 aliphatic carbocycles. The van der Waals surface area contributed by atoms with Crippen LogP contribution in [-0.4, -0.2) is 63.6 Å². The first-order chi connectivity index (χ1) is 11.6. The van der Waals surface area contributed by atoms with Crippen molar-refractivity contribution < 1.29 is 9.59 Å². The number of rotatable bonds is 4. The minimum Gasteiger partial charge on any atom is -0.339 e. The average Bonchev–Trinajstić information content (AvgIpc) is 3.00. The Bertz CT molecular complexity index is 639. The number of nitrogens with two attached hydrogens (primary N) is 1. The van der Waals surface area contributed by atoms with Crippen molar-refractivity contribution in [1.82, 2.24) is 19.6 Å². The SMILES string of the molecule is Cn1cc(C=CC(=O)N2CC[C@@H]3[C@@H](CCC(=O)N3CCN)C2)cn1. The number of likely N-dealkylation sites (tertiary alicyclic amines) is 2. The number of amides is 2. The number of fused-ring (bicyclic) bond motifs is 1. The molecule has 7 heteroatoms. The number of aryl methyl sites for hydroxylation is 1. The van der Waals surface area contributed by atoms with Crippen molar-refractivity contribution in [1.29, 1.82) is 0 Å². The molecule has 3 heterocycles. The van der Waals surface area contributed by atoms with Gasteiger partial charge in [-0.1, -0.05) is 0 Å². The maximum absolute atomic E-state index is 12.4. The highest BCUT2D eigenvalue weighted by molar-refractivity contribution is 5.91. The van der Waals surface area contributed by atoms with Crippen LogP contribution in [0.2, 0.25) is 0 Å². The molecule has 0 spiro atoms. The first-order valence-corrected chi connectivity index (χ1v) is 8.53. The molecule has 2 amide bonds. The lowest BCUT2D eigenvalue weighted by Crippen LogP contribution is -2.57. The van der Waals surface area contributed by atoms with E-state index in [4.69, 9.17) is 5.73 Å². The van der Waals surface area contributed by atoms with Crippen molar-refractivity contribution in [3.05, 3.63) is 24.0 Å². The number of carbonyl (C=O) groups is 2. The third-order valence-corrected chi connectivity index (χ3v) is 4.97. The van der Waals surface area contributed by atoms with Crippen LogP contribution in [-0.2, 0) is 16.6 Å². The molecule has 1 aromatic heterocycles. The van der Waals surface area contributed by atoms with Crippen LogP contribution in [0.5, 0.6) is 0 Å². The molecule has 2 N–H and O–H groups in total. The van der Waals surface area contributed by atoms with Crippen LogP contribution in [0.15, 0.2) is 18.5 Å². The molecule has 0 aromatic carbocycles. The van der Waals surface area contributed by atoms with Gasteiger partial charge in [0.25, 0.3) is 0 Å². The lowest BCUT2D eigenvalue weighted by Gasteiger charge is -2.46. The van der Waals surface area contributed by atoms with Gasteiger partial charge in [0, 0.05) is 63.5 Å². The first kappa shape index (κ1) is 16.7. The predicted molar refractivity (Wildman–Crippen MR) is 90.7 cm³/mol. The number of nitrogens with zero attached hydrogens (tertiary/aromatic N) is 4. The van der Waals surface area contributed by atoms with E-state index in [0.717, 1.165) is 24.9 Å². The van der Waals surface area contributed by atoms with Crippen molar-refractivity contribution in [2.24, 2.45) is 18.7 Å². The van der Waals surface area contributed by atoms with E-state index in [-0.39, 0.29) is 17.9 Å². The predicted octanol–water partition coefficient (Wildman–Crippen LogP) is 0.232. The summed E-state index contributed by atoms with van der Waals surface area (Å²) >= 11 is 0. The van der Waals surface area contributed by atoms with Crippen molar-refractivity contribution in [3.8, 4) is 0 Å². The summed E-state index contributed by atoms with van der Waals surface area (Å²) in [7, 11) is 1.85. The first-order valence-electron chi connectivity index (χ1n) is 8.53. The maximum Gasteiger partial charge on any atom is 0.246 e. The van der Waals surface area contributed by atoms with E-state index in [1.54, 1.807) is 23.0 Å². The van der Waals surface area contributed by atoms with E-state index in [2.05, 4.69) is 5.10 Å². The van der Waals surface area contributed by atoms with Crippen LogP contribution in [0.1, 0.15) is 24.8 Å². The fourth-order valence-electron chi connectivity index (χ4n) is 3.78. The van der Waals surface area contributed by atoms with Gasteiger partial charge in [-0.2, -0.15) is 5.10 Å². The molecule has 2 aliphatic heterocycles. The van der Waals surface area contributed by atoms with Crippen LogP contribution in [0.25, 0.3) is 6.08 Å². The fourth-order valence-corrected chi connectivity index (χ4v) is 3.78. The van der Waals surface area contributed by atoms with Crippen LogP contribution < -0.4 is 5.73 Å². The number of hydrogen-bond acceptors (Lipinski definition) is 4. The van der Waals surface area contributed by atoms with E-state index in [9.17, 15) is 9.59 Å². The van der Waals surface area contributed by atoms with Crippen LogP contribution in [0, 0.1) is 5.92 Å². The zero-order valence-electron chi connectivity index (χ0n) is 14.1. The monoisotopic (exact) mass is 331 g/mol. The molecule has 130 valence electrons. The van der Waals surface area contributed by atoms with E-state index in [1.807, 2.05) is 23.0 Å². The summed E-state index contributed by atoms with van der Waals surface area (Å²) in [4.78, 5) is 28.3. The zero-order chi connectivity index (χ0) is 17.1. The zero-order valence-corrected chi connectivity index (χ0v) is 14.1. The Morgan fingerprint density at radius 2 is 2.29 bits per heavy atom. The molecular formula is C17H25N5O2. The highest BCUT2D eigenvalue weighted by atomic mass is 16.2. The Kier molecular flexibility index (Phi) is 4.99. The second kappa shape index (κ2) is 7.17. The third kappa shape index (κ3) is 3.51. The molecule has 0 saturated carbocycles. The summed E-state index contributed by atoms with van der Waals surface area (Å²) in [6, 6.07) is 0.237. The van der Waals surface area contributed by atoms with Gasteiger partial charge in [0.15, 0.2) is 0 Å². The average molecular weight is 331 g/mol. The Morgan fingerprint density at radius 3 is 3.00 bits per heavy atom. The molecule has 7 nitrogen and oxygen atoms in total. The Hall–Kier alpha value is -2.15. The van der Waals surface area contributed by atoms with Crippen LogP contribution in [0.3, 0.4) is 0 Å². The number of aromatic nitrogens is 2. The van der Waals surface area contributed by atoms with Crippen molar-refractivity contribution >= 4 is 17.9 Å². The largest absolute Gasteiger partial charge is 0.339 e. The summed E-state index contributed by atoms with van der Waals surface area (Å²) in [5.41, 5.74) is 6.56. The molecule has 0 unspecified atom stereocenters. The van der Waals surface area contributed by atoms with Gasteiger partial charge >= 0.3 is 0 Å². The molecule has 2 aliphatic rings. The number of hydrogen-bond donors (Lipinski definition) is 1. The number of carbonyl (C=O) groups excluding carboxylic acids is 2. The lowest BCUT2D eigenvalue weighted by molar-refractivity contribution is -0.142. The molecule has 1 aromatic rings. The molecule has 2 saturated heterocycles. The maximum atomic E-state index is 12.4. The van der Waals surface area contributed by atoms with Gasteiger partial charge in [-0.05, 0) is 24.8 Å². The van der Waals surface area contributed by atoms with Gasteiger partial charge < -0.3 is 15.5 Å². The minimum atomic E-state index is 0.0274. The molecule has 3 rings (SSSR count). The smallest absolute Gasteiger partial charge is 0.246 e. The Labute approximate surface area is 142 Å². The second-order valence-electron chi connectivity index (χ2n) is 6.60. The highest BCUT2D eigenvalue weighted by Crippen LogP contribution is 2.31. The van der Waals surface area contributed by atoms with Crippen LogP contribution in [0.4, 0.5) is 0 Å². The van der Waals surface area contributed by atoms with Gasteiger partial charge in [0.05, 0.1) is 6.20 Å². The number of piperidine rings is 2. The van der Waals surface area contributed by atoms with Gasteiger partial charge in [-0.15, -0.1) is 0 Å². The van der Waals surface area contributed by atoms with E-state index in [1.165, 1.54) is 0 Å². The molecule has 2 fully saturated rings. The standard InChI is InChI=1S/C17H25N5O2/c1-20-11-13(10-19-20)2-4-16(23)21-8-6-15-14(12-21)3-5-17(24)22(15)9-7-18/h2,4,10-11,14-15H,3,5-9,12,18H2,1H3/t14-,15+/m0/s1. The van der Waals surface area contributed by atoms with E-state index in [0.29, 0.717) is 32.0 Å². The molecule has 2 atom stereocenters. The quantitative estimate of drug-likeness (QED) is 0.801. The van der Waals surface area contributed by atoms with Crippen molar-refractivity contribution in [2.45, 2.75) is 25.3 Å². The van der Waals surface area contributed by atoms with Crippen molar-refractivity contribution in [3.63, 3.8) is 0 Å². The normalized spacial score (nSPS) is 24.5. The lowest BCUT2D eigenvalue weighted by atomic mass is 9.83. The molecule has 0 radical (unpaired) electrons. The fraction of sp³-hybridized carbons (Fsp3) is 0.588. The van der Waals surface area contributed by atoms with Gasteiger partial charge in [0.1, 0.15) is 0 Å². The highest BCUT2D eigenvalue weighted by Gasteiger charge is 2.39. The summed E-state index contributed by atoms with van der Waals surface area (Å²) < 4.78 is 1.71. The topological polar surface area (TPSA) is 84.5 Å². The second-order valence-corrected chi connectivity index (χ2v) is 6.60. The Morgan fingerprint density at radius 1 is 1.46 bits per heavy atom. The van der Waals surface area contributed by atoms with Gasteiger partial charge in [0.2, 0.25) is 11.8 Å². The third-order valence-electron chi connectivity index (χ3n) is 4.97. The minimum absolute atomic E-state index is 0.0274. The van der Waals surface area contributed by atoms with E-state index >= 15 is 0 Å². The summed E-state index contributed by atoms with van der Waals surface area (Å²) in [5, 5.41) is 4.09. The molecular weight excluding hydrogens is 306 g/mol. The summed E-state index contributed by atoms with van der Waals surface area (Å²) in [6.45, 7) is 2.52. The van der Waals surface area contributed by atoms with Gasteiger partial charge in [-0.25, -0.2) is 0 Å². The van der Waals surface area contributed by atoms with Crippen LogP contribution >= 0.6 is 0 Å². The Balaban J connectivity index is 1.61. The molecule has 0 bridgehead atoms. The summed E-state index contributed by atoms with van der Waals surface area (Å²) in [5.74, 6) is 0.594. The van der Waals surface area contributed by atoms with Crippen molar-refractivity contribution in [2.75, 3.05) is 26.2 Å². The van der Waals surface area contributed by atoms with E-state index < -0.39 is 0 Å². The summed E-state index contributed by atoms with van der Waals surface area (Å²) in [6.07, 6.45) is 9.27. The molecule has 24 heavy (non-hydrogen) atoms.